The number of amides is 1. The number of nitrogens with one attached hydrogen (secondary N) is 1. The van der Waals surface area contributed by atoms with Crippen LogP contribution in [-0.2, 0) is 0 Å². The normalized spacial score (nSPS) is 12.1. The summed E-state index contributed by atoms with van der Waals surface area (Å²) in [5.74, 6) is 0.269. The number of aromatic nitrogens is 2. The summed E-state index contributed by atoms with van der Waals surface area (Å²) in [6.45, 7) is 2.04. The van der Waals surface area contributed by atoms with Crippen molar-refractivity contribution in [3.63, 3.8) is 0 Å². The summed E-state index contributed by atoms with van der Waals surface area (Å²) in [7, 11) is 0. The molecule has 1 aromatic heterocycles. The van der Waals surface area contributed by atoms with E-state index in [0.29, 0.717) is 17.9 Å². The van der Waals surface area contributed by atoms with Crippen LogP contribution in [0.5, 0.6) is 0 Å². The van der Waals surface area contributed by atoms with Crippen LogP contribution in [-0.4, -0.2) is 33.9 Å². The van der Waals surface area contributed by atoms with Crippen LogP contribution in [0.2, 0.25) is 0 Å². The predicted octanol–water partition coefficient (Wildman–Crippen LogP) is 1.63. The van der Waals surface area contributed by atoms with Gasteiger partial charge in [-0.05, 0) is 37.1 Å². The molecule has 2 rings (SSSR count). The lowest BCUT2D eigenvalue weighted by atomic mass is 10.1. The summed E-state index contributed by atoms with van der Waals surface area (Å²) in [5, 5.41) is 19.2. The van der Waals surface area contributed by atoms with Gasteiger partial charge >= 0.3 is 0 Å². The molecule has 0 saturated heterocycles. The SMILES string of the molecule is CCC(CCO)NC(=O)c1ccc(-c2nnco2)cc1. The zero-order chi connectivity index (χ0) is 14.4. The van der Waals surface area contributed by atoms with Gasteiger partial charge < -0.3 is 14.8 Å². The molecular formula is C14H17N3O3. The first kappa shape index (κ1) is 14.2. The third kappa shape index (κ3) is 3.42. The van der Waals surface area contributed by atoms with Gasteiger partial charge in [0.15, 0.2) is 0 Å². The Morgan fingerprint density at radius 1 is 1.40 bits per heavy atom. The zero-order valence-corrected chi connectivity index (χ0v) is 11.2. The molecule has 1 heterocycles. The molecule has 2 N–H and O–H groups in total. The molecule has 1 amide bonds. The van der Waals surface area contributed by atoms with Gasteiger partial charge in [0.2, 0.25) is 12.3 Å². The van der Waals surface area contributed by atoms with Gasteiger partial charge in [0, 0.05) is 23.8 Å². The third-order valence-corrected chi connectivity index (χ3v) is 3.06. The average Bonchev–Trinajstić information content (AvgIpc) is 3.01. The Morgan fingerprint density at radius 2 is 2.15 bits per heavy atom. The number of carbonyl (C=O) groups is 1. The van der Waals surface area contributed by atoms with E-state index in [1.54, 1.807) is 24.3 Å². The molecule has 0 saturated carbocycles. The van der Waals surface area contributed by atoms with E-state index in [1.165, 1.54) is 6.39 Å². The fourth-order valence-corrected chi connectivity index (χ4v) is 1.87. The fourth-order valence-electron chi connectivity index (χ4n) is 1.87. The topological polar surface area (TPSA) is 88.2 Å². The maximum atomic E-state index is 12.0. The lowest BCUT2D eigenvalue weighted by Crippen LogP contribution is -2.35. The smallest absolute Gasteiger partial charge is 0.251 e. The van der Waals surface area contributed by atoms with Crippen molar-refractivity contribution in [2.75, 3.05) is 6.61 Å². The lowest BCUT2D eigenvalue weighted by Gasteiger charge is -2.15. The van der Waals surface area contributed by atoms with Crippen LogP contribution in [0.3, 0.4) is 0 Å². The molecular weight excluding hydrogens is 258 g/mol. The van der Waals surface area contributed by atoms with E-state index < -0.39 is 0 Å². The Hall–Kier alpha value is -2.21. The van der Waals surface area contributed by atoms with E-state index in [-0.39, 0.29) is 18.6 Å². The fraction of sp³-hybridized carbons (Fsp3) is 0.357. The van der Waals surface area contributed by atoms with E-state index in [0.717, 1.165) is 12.0 Å². The Balaban J connectivity index is 2.04. The standard InChI is InChI=1S/C14H17N3O3/c1-2-12(7-8-18)16-13(19)10-3-5-11(6-4-10)14-17-15-9-20-14/h3-6,9,12,18H,2,7-8H2,1H3,(H,16,19). The molecule has 6 heteroatoms. The van der Waals surface area contributed by atoms with Crippen LogP contribution >= 0.6 is 0 Å². The maximum absolute atomic E-state index is 12.0. The van der Waals surface area contributed by atoms with Crippen LogP contribution in [0.25, 0.3) is 11.5 Å². The molecule has 0 spiro atoms. The summed E-state index contributed by atoms with van der Waals surface area (Å²) >= 11 is 0. The van der Waals surface area contributed by atoms with Crippen molar-refractivity contribution in [3.8, 4) is 11.5 Å². The summed E-state index contributed by atoms with van der Waals surface area (Å²) in [6.07, 6.45) is 2.60. The highest BCUT2D eigenvalue weighted by Gasteiger charge is 2.12. The zero-order valence-electron chi connectivity index (χ0n) is 11.2. The van der Waals surface area contributed by atoms with Crippen LogP contribution < -0.4 is 5.32 Å². The highest BCUT2D eigenvalue weighted by molar-refractivity contribution is 5.94. The van der Waals surface area contributed by atoms with Crippen molar-refractivity contribution in [1.82, 2.24) is 15.5 Å². The summed E-state index contributed by atoms with van der Waals surface area (Å²) < 4.78 is 5.08. The highest BCUT2D eigenvalue weighted by atomic mass is 16.4. The van der Waals surface area contributed by atoms with Crippen molar-refractivity contribution in [2.45, 2.75) is 25.8 Å². The number of aliphatic hydroxyl groups excluding tert-OH is 1. The first-order valence-electron chi connectivity index (χ1n) is 6.53. The minimum Gasteiger partial charge on any atom is -0.423 e. The maximum Gasteiger partial charge on any atom is 0.251 e. The molecule has 0 bridgehead atoms. The van der Waals surface area contributed by atoms with Crippen LogP contribution in [0.1, 0.15) is 30.1 Å². The van der Waals surface area contributed by atoms with Gasteiger partial charge in [-0.25, -0.2) is 0 Å². The van der Waals surface area contributed by atoms with Gasteiger partial charge in [-0.15, -0.1) is 10.2 Å². The molecule has 20 heavy (non-hydrogen) atoms. The quantitative estimate of drug-likeness (QED) is 0.836. The summed E-state index contributed by atoms with van der Waals surface area (Å²) in [4.78, 5) is 12.0. The Morgan fingerprint density at radius 3 is 2.70 bits per heavy atom. The molecule has 0 radical (unpaired) electrons. The molecule has 0 fully saturated rings. The first-order valence-corrected chi connectivity index (χ1v) is 6.53. The van der Waals surface area contributed by atoms with Gasteiger partial charge in [-0.1, -0.05) is 6.92 Å². The van der Waals surface area contributed by atoms with E-state index in [2.05, 4.69) is 15.5 Å². The van der Waals surface area contributed by atoms with Crippen molar-refractivity contribution in [1.29, 1.82) is 0 Å². The Kier molecular flexibility index (Phi) is 4.84. The number of hydrogen-bond donors (Lipinski definition) is 2. The van der Waals surface area contributed by atoms with Crippen LogP contribution in [0.4, 0.5) is 0 Å². The van der Waals surface area contributed by atoms with E-state index in [1.807, 2.05) is 6.92 Å². The summed E-state index contributed by atoms with van der Waals surface area (Å²) in [5.41, 5.74) is 1.33. The van der Waals surface area contributed by atoms with Crippen molar-refractivity contribution in [3.05, 3.63) is 36.2 Å². The molecule has 1 atom stereocenters. The molecule has 1 unspecified atom stereocenters. The minimum atomic E-state index is -0.151. The Bertz CT molecular complexity index is 537. The van der Waals surface area contributed by atoms with Gasteiger partial charge in [-0.3, -0.25) is 4.79 Å². The minimum absolute atomic E-state index is 0.0110. The number of aliphatic hydroxyl groups is 1. The van der Waals surface area contributed by atoms with E-state index in [9.17, 15) is 4.79 Å². The van der Waals surface area contributed by atoms with Crippen LogP contribution in [0, 0.1) is 0 Å². The number of nitrogens with zero attached hydrogens (tertiary/aromatic N) is 2. The van der Waals surface area contributed by atoms with Crippen LogP contribution in [0.15, 0.2) is 35.1 Å². The second kappa shape index (κ2) is 6.81. The first-order chi connectivity index (χ1) is 9.74. The molecule has 0 aliphatic heterocycles. The monoisotopic (exact) mass is 275 g/mol. The average molecular weight is 275 g/mol. The third-order valence-electron chi connectivity index (χ3n) is 3.06. The van der Waals surface area contributed by atoms with Crippen molar-refractivity contribution < 1.29 is 14.3 Å². The summed E-state index contributed by atoms with van der Waals surface area (Å²) in [6, 6.07) is 6.93. The molecule has 0 aliphatic carbocycles. The van der Waals surface area contributed by atoms with Gasteiger partial charge in [0.25, 0.3) is 5.91 Å². The number of carbonyl (C=O) groups excluding carboxylic acids is 1. The molecule has 6 nitrogen and oxygen atoms in total. The van der Waals surface area contributed by atoms with E-state index >= 15 is 0 Å². The number of rotatable bonds is 6. The van der Waals surface area contributed by atoms with Crippen molar-refractivity contribution >= 4 is 5.91 Å². The van der Waals surface area contributed by atoms with Crippen molar-refractivity contribution in [2.24, 2.45) is 0 Å². The number of hydrogen-bond acceptors (Lipinski definition) is 5. The predicted molar refractivity (Wildman–Crippen MR) is 73.0 cm³/mol. The number of benzene rings is 1. The van der Waals surface area contributed by atoms with Gasteiger partial charge in [-0.2, -0.15) is 0 Å². The Labute approximate surface area is 116 Å². The second-order valence-electron chi connectivity index (χ2n) is 4.41. The lowest BCUT2D eigenvalue weighted by molar-refractivity contribution is 0.0929. The highest BCUT2D eigenvalue weighted by Crippen LogP contribution is 2.16. The molecule has 0 aliphatic rings. The second-order valence-corrected chi connectivity index (χ2v) is 4.41. The van der Waals surface area contributed by atoms with Gasteiger partial charge in [0.05, 0.1) is 0 Å². The molecule has 1 aromatic carbocycles. The molecule has 2 aromatic rings. The molecule has 106 valence electrons. The van der Waals surface area contributed by atoms with E-state index in [4.69, 9.17) is 9.52 Å². The van der Waals surface area contributed by atoms with Gasteiger partial charge in [0.1, 0.15) is 0 Å². The largest absolute Gasteiger partial charge is 0.423 e.